The summed E-state index contributed by atoms with van der Waals surface area (Å²) >= 11 is 0. The van der Waals surface area contributed by atoms with E-state index in [0.717, 1.165) is 12.0 Å². The Kier molecular flexibility index (Phi) is 2.37. The van der Waals surface area contributed by atoms with Crippen molar-refractivity contribution in [1.82, 2.24) is 4.90 Å². The molecule has 13 heavy (non-hydrogen) atoms. The lowest BCUT2D eigenvalue weighted by Gasteiger charge is -2.29. The predicted octanol–water partition coefficient (Wildman–Crippen LogP) is 1.89. The molecule has 1 saturated carbocycles. The van der Waals surface area contributed by atoms with Crippen LogP contribution in [0.15, 0.2) is 0 Å². The van der Waals surface area contributed by atoms with E-state index < -0.39 is 0 Å². The van der Waals surface area contributed by atoms with Crippen LogP contribution in [0.3, 0.4) is 0 Å². The Balaban J connectivity index is 1.87. The van der Waals surface area contributed by atoms with Crippen molar-refractivity contribution in [3.8, 4) is 0 Å². The predicted molar refractivity (Wildman–Crippen MR) is 53.7 cm³/mol. The zero-order valence-electron chi connectivity index (χ0n) is 9.16. The summed E-state index contributed by atoms with van der Waals surface area (Å²) in [7, 11) is 2.25. The molecule has 0 radical (unpaired) electrons. The Morgan fingerprint density at radius 3 is 2.38 bits per heavy atom. The van der Waals surface area contributed by atoms with Crippen molar-refractivity contribution in [2.24, 2.45) is 5.92 Å². The first-order valence-electron chi connectivity index (χ1n) is 5.47. The molecule has 0 aromatic heterocycles. The van der Waals surface area contributed by atoms with Crippen LogP contribution in [0.2, 0.25) is 0 Å². The minimum atomic E-state index is 0.361. The minimum Gasteiger partial charge on any atom is -0.374 e. The third-order valence-electron chi connectivity index (χ3n) is 3.50. The number of hydrogen-bond donors (Lipinski definition) is 0. The van der Waals surface area contributed by atoms with E-state index in [2.05, 4.69) is 32.7 Å². The van der Waals surface area contributed by atoms with E-state index in [0.29, 0.717) is 18.2 Å². The number of likely N-dealkylation sites (tertiary alicyclic amines) is 1. The summed E-state index contributed by atoms with van der Waals surface area (Å²) in [6.07, 6.45) is 3.55. The Bertz CT molecular complexity index is 193. The van der Waals surface area contributed by atoms with Crippen molar-refractivity contribution in [1.29, 1.82) is 0 Å². The van der Waals surface area contributed by atoms with E-state index >= 15 is 0 Å². The molecular weight excluding hydrogens is 162 g/mol. The van der Waals surface area contributed by atoms with Gasteiger partial charge in [0, 0.05) is 12.1 Å². The smallest absolute Gasteiger partial charge is 0.0705 e. The minimum absolute atomic E-state index is 0.361. The standard InChI is InChI=1S/C11H21NO/c1-7(2)13-8(3)10-5-9-6-11(9)12(10)4/h7-11H,5-6H2,1-4H3/t8-,9+,10-,11-/m0/s1. The first-order valence-corrected chi connectivity index (χ1v) is 5.47. The maximum Gasteiger partial charge on any atom is 0.0705 e. The van der Waals surface area contributed by atoms with Gasteiger partial charge in [0.05, 0.1) is 12.2 Å². The Morgan fingerprint density at radius 1 is 1.23 bits per heavy atom. The number of nitrogens with zero attached hydrogens (tertiary/aromatic N) is 1. The van der Waals surface area contributed by atoms with Gasteiger partial charge in [-0.2, -0.15) is 0 Å². The Labute approximate surface area is 81.3 Å². The van der Waals surface area contributed by atoms with Gasteiger partial charge in [-0.05, 0) is 46.6 Å². The zero-order valence-corrected chi connectivity index (χ0v) is 9.16. The maximum absolute atomic E-state index is 5.83. The second kappa shape index (κ2) is 3.25. The van der Waals surface area contributed by atoms with Crippen molar-refractivity contribution < 1.29 is 4.74 Å². The molecule has 0 N–H and O–H groups in total. The highest BCUT2D eigenvalue weighted by molar-refractivity contribution is 5.05. The molecule has 2 nitrogen and oxygen atoms in total. The van der Waals surface area contributed by atoms with Gasteiger partial charge in [-0.25, -0.2) is 0 Å². The van der Waals surface area contributed by atoms with Crippen molar-refractivity contribution in [3.05, 3.63) is 0 Å². The first kappa shape index (κ1) is 9.47. The molecule has 0 aromatic carbocycles. The van der Waals surface area contributed by atoms with Crippen LogP contribution in [0, 0.1) is 5.92 Å². The van der Waals surface area contributed by atoms with E-state index in [1.165, 1.54) is 12.8 Å². The molecule has 2 rings (SSSR count). The van der Waals surface area contributed by atoms with Crippen LogP contribution in [0.5, 0.6) is 0 Å². The highest BCUT2D eigenvalue weighted by Gasteiger charge is 2.51. The average Bonchev–Trinajstić information content (AvgIpc) is 2.70. The van der Waals surface area contributed by atoms with Crippen molar-refractivity contribution >= 4 is 0 Å². The molecule has 0 bridgehead atoms. The van der Waals surface area contributed by atoms with E-state index in [9.17, 15) is 0 Å². The van der Waals surface area contributed by atoms with Gasteiger partial charge in [0.1, 0.15) is 0 Å². The number of hydrogen-bond acceptors (Lipinski definition) is 2. The molecule has 4 atom stereocenters. The van der Waals surface area contributed by atoms with Gasteiger partial charge >= 0.3 is 0 Å². The first-order chi connectivity index (χ1) is 6.09. The molecule has 2 heteroatoms. The molecule has 0 aromatic rings. The van der Waals surface area contributed by atoms with E-state index in [-0.39, 0.29) is 0 Å². The third kappa shape index (κ3) is 1.75. The lowest BCUT2D eigenvalue weighted by Crippen LogP contribution is -2.39. The lowest BCUT2D eigenvalue weighted by atomic mass is 10.1. The van der Waals surface area contributed by atoms with Gasteiger partial charge in [-0.3, -0.25) is 4.90 Å². The summed E-state index contributed by atoms with van der Waals surface area (Å²) in [6, 6.07) is 1.56. The molecule has 1 heterocycles. The highest BCUT2D eigenvalue weighted by Crippen LogP contribution is 2.47. The van der Waals surface area contributed by atoms with Gasteiger partial charge in [0.2, 0.25) is 0 Å². The van der Waals surface area contributed by atoms with Gasteiger partial charge in [0.15, 0.2) is 0 Å². The Hall–Kier alpha value is -0.0800. The van der Waals surface area contributed by atoms with Crippen LogP contribution in [0.25, 0.3) is 0 Å². The van der Waals surface area contributed by atoms with Crippen LogP contribution in [-0.4, -0.2) is 36.2 Å². The van der Waals surface area contributed by atoms with Crippen molar-refractivity contribution in [3.63, 3.8) is 0 Å². The van der Waals surface area contributed by atoms with Gasteiger partial charge in [-0.15, -0.1) is 0 Å². The summed E-state index contributed by atoms with van der Waals surface area (Å²) < 4.78 is 5.83. The van der Waals surface area contributed by atoms with Crippen molar-refractivity contribution in [2.75, 3.05) is 7.05 Å². The van der Waals surface area contributed by atoms with E-state index in [1.807, 2.05) is 0 Å². The van der Waals surface area contributed by atoms with Gasteiger partial charge in [0.25, 0.3) is 0 Å². The molecule has 1 saturated heterocycles. The quantitative estimate of drug-likeness (QED) is 0.662. The molecule has 2 aliphatic rings. The Morgan fingerprint density at radius 2 is 1.92 bits per heavy atom. The number of piperidine rings is 1. The second-order valence-electron chi connectivity index (χ2n) is 4.92. The topological polar surface area (TPSA) is 12.5 Å². The summed E-state index contributed by atoms with van der Waals surface area (Å²) in [5, 5.41) is 0. The monoisotopic (exact) mass is 183 g/mol. The van der Waals surface area contributed by atoms with Crippen LogP contribution in [0.1, 0.15) is 33.6 Å². The SMILES string of the molecule is CC(C)O[C@@H](C)[C@@H]1C[C@@H]2C[C@@H]2N1C. The fourth-order valence-electron chi connectivity index (χ4n) is 2.75. The van der Waals surface area contributed by atoms with E-state index in [1.54, 1.807) is 0 Å². The molecule has 1 aliphatic carbocycles. The number of rotatable bonds is 3. The highest BCUT2D eigenvalue weighted by atomic mass is 16.5. The second-order valence-corrected chi connectivity index (χ2v) is 4.92. The third-order valence-corrected chi connectivity index (χ3v) is 3.50. The van der Waals surface area contributed by atoms with Crippen LogP contribution < -0.4 is 0 Å². The van der Waals surface area contributed by atoms with Gasteiger partial charge < -0.3 is 4.74 Å². The van der Waals surface area contributed by atoms with Crippen molar-refractivity contribution in [2.45, 2.75) is 57.9 Å². The fraction of sp³-hybridized carbons (Fsp3) is 1.00. The lowest BCUT2D eigenvalue weighted by molar-refractivity contribution is -0.0254. The molecular formula is C11H21NO. The summed E-state index contributed by atoms with van der Waals surface area (Å²) in [6.45, 7) is 6.45. The zero-order chi connectivity index (χ0) is 9.59. The fourth-order valence-corrected chi connectivity index (χ4v) is 2.75. The average molecular weight is 183 g/mol. The van der Waals surface area contributed by atoms with Crippen LogP contribution in [0.4, 0.5) is 0 Å². The van der Waals surface area contributed by atoms with Crippen LogP contribution in [-0.2, 0) is 4.74 Å². The summed E-state index contributed by atoms with van der Waals surface area (Å²) in [5.74, 6) is 0.994. The summed E-state index contributed by atoms with van der Waals surface area (Å²) in [5.41, 5.74) is 0. The number of likely N-dealkylation sites (N-methyl/N-ethyl adjacent to an activating group) is 1. The molecule has 2 fully saturated rings. The molecule has 1 aliphatic heterocycles. The maximum atomic E-state index is 5.83. The normalized spacial score (nSPS) is 40.8. The van der Waals surface area contributed by atoms with E-state index in [4.69, 9.17) is 4.74 Å². The molecule has 0 unspecified atom stereocenters. The molecule has 0 spiro atoms. The summed E-state index contributed by atoms with van der Waals surface area (Å²) in [4.78, 5) is 2.53. The van der Waals surface area contributed by atoms with Gasteiger partial charge in [-0.1, -0.05) is 0 Å². The number of fused-ring (bicyclic) bond motifs is 1. The molecule has 0 amide bonds. The molecule has 76 valence electrons. The largest absolute Gasteiger partial charge is 0.374 e. The van der Waals surface area contributed by atoms with Crippen LogP contribution >= 0.6 is 0 Å². The number of ether oxygens (including phenoxy) is 1.